The van der Waals surface area contributed by atoms with Crippen molar-refractivity contribution >= 4 is 5.95 Å². The predicted octanol–water partition coefficient (Wildman–Crippen LogP) is 1.00. The van der Waals surface area contributed by atoms with Gasteiger partial charge in [-0.3, -0.25) is 0 Å². The first-order chi connectivity index (χ1) is 10.7. The first-order valence-corrected chi connectivity index (χ1v) is 7.71. The van der Waals surface area contributed by atoms with Crippen molar-refractivity contribution in [3.05, 3.63) is 6.07 Å². The van der Waals surface area contributed by atoms with Gasteiger partial charge < -0.3 is 24.2 Å². The van der Waals surface area contributed by atoms with Gasteiger partial charge in [0.1, 0.15) is 0 Å². The largest absolute Gasteiger partial charge is 0.481 e. The first-order valence-electron chi connectivity index (χ1n) is 7.71. The van der Waals surface area contributed by atoms with Crippen LogP contribution in [0.4, 0.5) is 5.95 Å². The Balaban J connectivity index is 1.73. The van der Waals surface area contributed by atoms with Gasteiger partial charge in [-0.1, -0.05) is 0 Å². The van der Waals surface area contributed by atoms with Crippen molar-refractivity contribution in [1.82, 2.24) is 9.97 Å². The molecular formula is C15H23N3O4. The van der Waals surface area contributed by atoms with Gasteiger partial charge in [0.25, 0.3) is 0 Å². The van der Waals surface area contributed by atoms with Crippen LogP contribution in [0, 0.1) is 0 Å². The SMILES string of the molecule is COc1cc(OC)nc(N2CCC3(CC2)OCCC[C@@H]3O)n1. The summed E-state index contributed by atoms with van der Waals surface area (Å²) >= 11 is 0. The van der Waals surface area contributed by atoms with E-state index in [0.29, 0.717) is 17.7 Å². The third-order valence-electron chi connectivity index (χ3n) is 4.60. The molecular weight excluding hydrogens is 286 g/mol. The fourth-order valence-electron chi connectivity index (χ4n) is 3.22. The Morgan fingerprint density at radius 1 is 1.23 bits per heavy atom. The van der Waals surface area contributed by atoms with Crippen molar-refractivity contribution in [2.45, 2.75) is 37.4 Å². The number of rotatable bonds is 3. The number of aliphatic hydroxyl groups is 1. The van der Waals surface area contributed by atoms with Crippen LogP contribution in [0.3, 0.4) is 0 Å². The van der Waals surface area contributed by atoms with Gasteiger partial charge in [-0.15, -0.1) is 0 Å². The van der Waals surface area contributed by atoms with Gasteiger partial charge in [-0.2, -0.15) is 9.97 Å². The zero-order valence-electron chi connectivity index (χ0n) is 13.1. The standard InChI is InChI=1S/C15H23N3O4/c1-20-12-10-13(21-2)17-14(16-12)18-7-5-15(6-8-18)11(19)4-3-9-22-15/h10-11,19H,3-9H2,1-2H3/t11-/m0/s1. The quantitative estimate of drug-likeness (QED) is 0.892. The molecule has 22 heavy (non-hydrogen) atoms. The molecule has 1 atom stereocenters. The minimum atomic E-state index is -0.391. The third-order valence-corrected chi connectivity index (χ3v) is 4.60. The summed E-state index contributed by atoms with van der Waals surface area (Å²) in [6, 6.07) is 1.66. The molecule has 0 radical (unpaired) electrons. The number of hydrogen-bond acceptors (Lipinski definition) is 7. The van der Waals surface area contributed by atoms with Gasteiger partial charge in [0.2, 0.25) is 17.7 Å². The van der Waals surface area contributed by atoms with Crippen LogP contribution >= 0.6 is 0 Å². The molecule has 2 aliphatic heterocycles. The molecule has 1 aromatic heterocycles. The molecule has 3 heterocycles. The summed E-state index contributed by atoms with van der Waals surface area (Å²) in [6.07, 6.45) is 2.93. The third kappa shape index (κ3) is 2.83. The van der Waals surface area contributed by atoms with E-state index < -0.39 is 5.60 Å². The Kier molecular flexibility index (Phi) is 4.35. The molecule has 1 N–H and O–H groups in total. The van der Waals surface area contributed by atoms with Crippen molar-refractivity contribution < 1.29 is 19.3 Å². The molecule has 2 saturated heterocycles. The van der Waals surface area contributed by atoms with Gasteiger partial charge in [0, 0.05) is 19.7 Å². The van der Waals surface area contributed by atoms with Gasteiger partial charge >= 0.3 is 0 Å². The molecule has 0 aliphatic carbocycles. The lowest BCUT2D eigenvalue weighted by Gasteiger charge is -2.46. The van der Waals surface area contributed by atoms with Crippen LogP contribution in [0.25, 0.3) is 0 Å². The van der Waals surface area contributed by atoms with Gasteiger partial charge in [-0.25, -0.2) is 0 Å². The fraction of sp³-hybridized carbons (Fsp3) is 0.733. The van der Waals surface area contributed by atoms with E-state index in [9.17, 15) is 5.11 Å². The van der Waals surface area contributed by atoms with Crippen LogP contribution in [-0.2, 0) is 4.74 Å². The second kappa shape index (κ2) is 6.26. The molecule has 7 heteroatoms. The molecule has 2 aliphatic rings. The first kappa shape index (κ1) is 15.3. The van der Waals surface area contributed by atoms with Crippen LogP contribution in [0.15, 0.2) is 6.07 Å². The number of ether oxygens (including phenoxy) is 3. The molecule has 0 amide bonds. The number of methoxy groups -OCH3 is 2. The van der Waals surface area contributed by atoms with E-state index in [1.165, 1.54) is 0 Å². The highest BCUT2D eigenvalue weighted by Gasteiger charge is 2.44. The predicted molar refractivity (Wildman–Crippen MR) is 80.5 cm³/mol. The highest BCUT2D eigenvalue weighted by Crippen LogP contribution is 2.36. The van der Waals surface area contributed by atoms with E-state index in [2.05, 4.69) is 14.9 Å². The Morgan fingerprint density at radius 2 is 1.86 bits per heavy atom. The van der Waals surface area contributed by atoms with E-state index in [-0.39, 0.29) is 6.10 Å². The monoisotopic (exact) mass is 309 g/mol. The summed E-state index contributed by atoms with van der Waals surface area (Å²) in [6.45, 7) is 2.22. The highest BCUT2D eigenvalue weighted by molar-refractivity contribution is 5.37. The summed E-state index contributed by atoms with van der Waals surface area (Å²) in [4.78, 5) is 10.9. The molecule has 0 bridgehead atoms. The summed E-state index contributed by atoms with van der Waals surface area (Å²) in [7, 11) is 3.14. The van der Waals surface area contributed by atoms with E-state index >= 15 is 0 Å². The average molecular weight is 309 g/mol. The zero-order valence-corrected chi connectivity index (χ0v) is 13.1. The molecule has 2 fully saturated rings. The number of anilines is 1. The van der Waals surface area contributed by atoms with Crippen LogP contribution in [0.2, 0.25) is 0 Å². The molecule has 0 aromatic carbocycles. The second-order valence-electron chi connectivity index (χ2n) is 5.81. The smallest absolute Gasteiger partial charge is 0.231 e. The number of hydrogen-bond donors (Lipinski definition) is 1. The van der Waals surface area contributed by atoms with Crippen LogP contribution < -0.4 is 14.4 Å². The average Bonchev–Trinajstić information content (AvgIpc) is 2.58. The van der Waals surface area contributed by atoms with Gasteiger partial charge in [0.15, 0.2) is 0 Å². The highest BCUT2D eigenvalue weighted by atomic mass is 16.5. The molecule has 3 rings (SSSR count). The lowest BCUT2D eigenvalue weighted by atomic mass is 9.82. The van der Waals surface area contributed by atoms with Crippen LogP contribution in [-0.4, -0.2) is 60.7 Å². The van der Waals surface area contributed by atoms with Crippen molar-refractivity contribution in [3.8, 4) is 11.8 Å². The normalized spacial score (nSPS) is 24.3. The molecule has 122 valence electrons. The van der Waals surface area contributed by atoms with Gasteiger partial charge in [-0.05, 0) is 25.7 Å². The summed E-state index contributed by atoms with van der Waals surface area (Å²) in [5, 5.41) is 10.3. The summed E-state index contributed by atoms with van der Waals surface area (Å²) in [5.41, 5.74) is -0.391. The number of nitrogens with zero attached hydrogens (tertiary/aromatic N) is 3. The maximum atomic E-state index is 10.3. The van der Waals surface area contributed by atoms with Crippen molar-refractivity contribution in [1.29, 1.82) is 0 Å². The lowest BCUT2D eigenvalue weighted by Crippen LogP contribution is -2.55. The topological polar surface area (TPSA) is 76.9 Å². The van der Waals surface area contributed by atoms with E-state index in [1.54, 1.807) is 20.3 Å². The maximum Gasteiger partial charge on any atom is 0.231 e. The Bertz CT molecular complexity index is 495. The molecule has 1 spiro atoms. The number of aromatic nitrogens is 2. The Hall–Kier alpha value is -1.60. The molecule has 7 nitrogen and oxygen atoms in total. The van der Waals surface area contributed by atoms with Crippen molar-refractivity contribution in [3.63, 3.8) is 0 Å². The zero-order chi connectivity index (χ0) is 15.6. The molecule has 1 aromatic rings. The second-order valence-corrected chi connectivity index (χ2v) is 5.81. The minimum Gasteiger partial charge on any atom is -0.481 e. The fourth-order valence-corrected chi connectivity index (χ4v) is 3.22. The van der Waals surface area contributed by atoms with E-state index in [0.717, 1.165) is 45.4 Å². The van der Waals surface area contributed by atoms with Gasteiger partial charge in [0.05, 0.1) is 32.0 Å². The van der Waals surface area contributed by atoms with Crippen molar-refractivity contribution in [2.24, 2.45) is 0 Å². The minimum absolute atomic E-state index is 0.371. The van der Waals surface area contributed by atoms with E-state index in [4.69, 9.17) is 14.2 Å². The van der Waals surface area contributed by atoms with Crippen LogP contribution in [0.1, 0.15) is 25.7 Å². The van der Waals surface area contributed by atoms with Crippen LogP contribution in [0.5, 0.6) is 11.8 Å². The Labute approximate surface area is 130 Å². The summed E-state index contributed by atoms with van der Waals surface area (Å²) in [5.74, 6) is 1.56. The number of aliphatic hydroxyl groups excluding tert-OH is 1. The van der Waals surface area contributed by atoms with Crippen molar-refractivity contribution in [2.75, 3.05) is 38.8 Å². The van der Waals surface area contributed by atoms with E-state index in [1.807, 2.05) is 0 Å². The number of piperidine rings is 1. The molecule has 0 saturated carbocycles. The maximum absolute atomic E-state index is 10.3. The molecule has 0 unspecified atom stereocenters. The summed E-state index contributed by atoms with van der Waals surface area (Å²) < 4.78 is 16.3. The Morgan fingerprint density at radius 3 is 2.41 bits per heavy atom. The lowest BCUT2D eigenvalue weighted by molar-refractivity contribution is -0.164.